The highest BCUT2D eigenvalue weighted by molar-refractivity contribution is 9.23. The minimum atomic E-state index is 0.107. The van der Waals surface area contributed by atoms with E-state index in [0.717, 1.165) is 0 Å². The van der Waals surface area contributed by atoms with Gasteiger partial charge in [0.1, 0.15) is 8.14 Å². The first-order valence-electron chi connectivity index (χ1n) is 2.46. The average molecular weight is 179 g/mol. The number of halogens is 1. The summed E-state index contributed by atoms with van der Waals surface area (Å²) in [5.74, 6) is 0. The van der Waals surface area contributed by atoms with E-state index in [1.165, 1.54) is 11.6 Å². The zero-order valence-corrected chi connectivity index (χ0v) is 7.87. The molecular formula is C5H11BrSi. The monoisotopic (exact) mass is 178 g/mol. The lowest BCUT2D eigenvalue weighted by molar-refractivity contribution is 1.36. The van der Waals surface area contributed by atoms with E-state index in [1.807, 2.05) is 0 Å². The maximum Gasteiger partial charge on any atom is 0.102 e. The van der Waals surface area contributed by atoms with Crippen LogP contribution in [0.5, 0.6) is 0 Å². The Morgan fingerprint density at radius 2 is 2.29 bits per heavy atom. The van der Waals surface area contributed by atoms with E-state index in [4.69, 9.17) is 0 Å². The van der Waals surface area contributed by atoms with Gasteiger partial charge < -0.3 is 0 Å². The Morgan fingerprint density at radius 1 is 1.71 bits per heavy atom. The molecule has 7 heavy (non-hydrogen) atoms. The summed E-state index contributed by atoms with van der Waals surface area (Å²) in [5, 5.41) is 0. The van der Waals surface area contributed by atoms with Crippen molar-refractivity contribution in [3.63, 3.8) is 0 Å². The standard InChI is InChI=1S/C5H11BrSi/c1-5(2)3-4-7-6/h3H,4,7H2,1-2H3. The average Bonchev–Trinajstić information content (AvgIpc) is 1.61. The Kier molecular flexibility index (Phi) is 4.88. The zero-order valence-electron chi connectivity index (χ0n) is 4.87. The van der Waals surface area contributed by atoms with Crippen molar-refractivity contribution >= 4 is 23.4 Å². The van der Waals surface area contributed by atoms with E-state index in [-0.39, 0.29) is 8.14 Å². The van der Waals surface area contributed by atoms with Gasteiger partial charge in [0.05, 0.1) is 0 Å². The van der Waals surface area contributed by atoms with Crippen molar-refractivity contribution in [2.24, 2.45) is 0 Å². The molecule has 0 saturated carbocycles. The summed E-state index contributed by atoms with van der Waals surface area (Å²) in [4.78, 5) is 0. The van der Waals surface area contributed by atoms with Crippen LogP contribution in [0.15, 0.2) is 11.6 Å². The molecule has 0 aliphatic rings. The SMILES string of the molecule is CC(C)=CC[SiH2]Br. The molecule has 2 heteroatoms. The molecule has 0 unspecified atom stereocenters. The highest BCUT2D eigenvalue weighted by atomic mass is 79.9. The predicted molar refractivity (Wildman–Crippen MR) is 41.7 cm³/mol. The van der Waals surface area contributed by atoms with Gasteiger partial charge in [-0.05, 0) is 19.9 Å². The van der Waals surface area contributed by atoms with Gasteiger partial charge in [-0.3, -0.25) is 0 Å². The molecule has 0 aromatic heterocycles. The van der Waals surface area contributed by atoms with E-state index >= 15 is 0 Å². The van der Waals surface area contributed by atoms with Gasteiger partial charge in [0.15, 0.2) is 0 Å². The van der Waals surface area contributed by atoms with Crippen molar-refractivity contribution in [2.75, 3.05) is 0 Å². The van der Waals surface area contributed by atoms with Crippen molar-refractivity contribution in [1.29, 1.82) is 0 Å². The molecule has 0 aromatic rings. The Morgan fingerprint density at radius 3 is 2.43 bits per heavy atom. The molecule has 0 atom stereocenters. The third-order valence-corrected chi connectivity index (χ3v) is 2.54. The quantitative estimate of drug-likeness (QED) is 0.344. The van der Waals surface area contributed by atoms with Gasteiger partial charge in [-0.2, -0.15) is 0 Å². The van der Waals surface area contributed by atoms with Crippen LogP contribution in [0.1, 0.15) is 13.8 Å². The van der Waals surface area contributed by atoms with E-state index in [1.54, 1.807) is 0 Å². The molecule has 0 amide bonds. The Labute approximate surface area is 55.4 Å². The third kappa shape index (κ3) is 6.44. The van der Waals surface area contributed by atoms with Crippen LogP contribution in [-0.4, -0.2) is 8.14 Å². The van der Waals surface area contributed by atoms with Crippen LogP contribution in [0.4, 0.5) is 0 Å². The summed E-state index contributed by atoms with van der Waals surface area (Å²) < 4.78 is 0. The second kappa shape index (κ2) is 4.59. The zero-order chi connectivity index (χ0) is 5.70. The molecule has 42 valence electrons. The van der Waals surface area contributed by atoms with Crippen LogP contribution in [0.25, 0.3) is 0 Å². The van der Waals surface area contributed by atoms with Gasteiger partial charge in [0.25, 0.3) is 0 Å². The molecule has 0 fully saturated rings. The predicted octanol–water partition coefficient (Wildman–Crippen LogP) is 1.85. The van der Waals surface area contributed by atoms with Gasteiger partial charge in [0.2, 0.25) is 0 Å². The molecule has 0 nitrogen and oxygen atoms in total. The molecule has 0 aliphatic heterocycles. The van der Waals surface area contributed by atoms with Gasteiger partial charge in [-0.15, -0.1) is 15.3 Å². The summed E-state index contributed by atoms with van der Waals surface area (Å²) in [7, 11) is 0.107. The molecule has 0 aromatic carbocycles. The smallest absolute Gasteiger partial charge is 0.102 e. The number of allylic oxidation sites excluding steroid dienone is 2. The summed E-state index contributed by atoms with van der Waals surface area (Å²) in [6.45, 7) is 4.27. The molecule has 0 aliphatic carbocycles. The molecule has 0 rings (SSSR count). The molecule has 0 spiro atoms. The summed E-state index contributed by atoms with van der Waals surface area (Å²) in [6.07, 6.45) is 2.28. The van der Waals surface area contributed by atoms with Crippen molar-refractivity contribution < 1.29 is 0 Å². The minimum Gasteiger partial charge on any atom is -0.135 e. The second-order valence-electron chi connectivity index (χ2n) is 1.76. The number of rotatable bonds is 2. The lowest BCUT2D eigenvalue weighted by Gasteiger charge is -1.83. The molecule has 0 bridgehead atoms. The molecule has 0 N–H and O–H groups in total. The third-order valence-electron chi connectivity index (χ3n) is 0.662. The van der Waals surface area contributed by atoms with Crippen LogP contribution in [0.3, 0.4) is 0 Å². The van der Waals surface area contributed by atoms with Crippen molar-refractivity contribution in [3.05, 3.63) is 11.6 Å². The first-order valence-corrected chi connectivity index (χ1v) is 7.36. The van der Waals surface area contributed by atoms with Gasteiger partial charge >= 0.3 is 0 Å². The van der Waals surface area contributed by atoms with Crippen molar-refractivity contribution in [1.82, 2.24) is 0 Å². The topological polar surface area (TPSA) is 0 Å². The fourth-order valence-corrected chi connectivity index (χ4v) is 1.72. The minimum absolute atomic E-state index is 0.107. The fourth-order valence-electron chi connectivity index (χ4n) is 0.343. The van der Waals surface area contributed by atoms with Crippen LogP contribution in [0.2, 0.25) is 6.04 Å². The summed E-state index contributed by atoms with van der Waals surface area (Å²) >= 11 is 3.47. The Hall–Kier alpha value is 0.437. The lowest BCUT2D eigenvalue weighted by atomic mass is 10.3. The summed E-state index contributed by atoms with van der Waals surface area (Å²) in [6, 6.07) is 1.29. The van der Waals surface area contributed by atoms with Crippen molar-refractivity contribution in [3.8, 4) is 0 Å². The lowest BCUT2D eigenvalue weighted by Crippen LogP contribution is -1.70. The second-order valence-corrected chi connectivity index (χ2v) is 5.09. The maximum atomic E-state index is 3.47. The van der Waals surface area contributed by atoms with Gasteiger partial charge in [0, 0.05) is 0 Å². The van der Waals surface area contributed by atoms with Gasteiger partial charge in [-0.25, -0.2) is 0 Å². The van der Waals surface area contributed by atoms with Crippen LogP contribution in [-0.2, 0) is 0 Å². The first kappa shape index (κ1) is 7.44. The molecule has 0 heterocycles. The van der Waals surface area contributed by atoms with Crippen LogP contribution < -0.4 is 0 Å². The summed E-state index contributed by atoms with van der Waals surface area (Å²) in [5.41, 5.74) is 1.44. The van der Waals surface area contributed by atoms with E-state index < -0.39 is 0 Å². The largest absolute Gasteiger partial charge is 0.135 e. The number of hydrogen-bond acceptors (Lipinski definition) is 0. The van der Waals surface area contributed by atoms with Gasteiger partial charge in [-0.1, -0.05) is 11.6 Å². The van der Waals surface area contributed by atoms with Crippen LogP contribution in [0, 0.1) is 0 Å². The Balaban J connectivity index is 3.08. The molecule has 0 saturated heterocycles. The van der Waals surface area contributed by atoms with E-state index in [9.17, 15) is 0 Å². The fraction of sp³-hybridized carbons (Fsp3) is 0.600. The highest BCUT2D eigenvalue weighted by Gasteiger charge is 1.75. The normalized spacial score (nSPS) is 10.1. The maximum absolute atomic E-state index is 3.47. The number of hydrogen-bond donors (Lipinski definition) is 0. The van der Waals surface area contributed by atoms with Crippen molar-refractivity contribution in [2.45, 2.75) is 19.9 Å². The van der Waals surface area contributed by atoms with Crippen LogP contribution >= 0.6 is 15.3 Å². The highest BCUT2D eigenvalue weighted by Crippen LogP contribution is 1.93. The first-order chi connectivity index (χ1) is 3.27. The van der Waals surface area contributed by atoms with E-state index in [0.29, 0.717) is 0 Å². The van der Waals surface area contributed by atoms with E-state index in [2.05, 4.69) is 35.2 Å². The molecular weight excluding hydrogens is 168 g/mol. The Bertz CT molecular complexity index is 64.5. The molecule has 0 radical (unpaired) electrons.